The number of amides is 1. The molecule has 21 heavy (non-hydrogen) atoms. The van der Waals surface area contributed by atoms with Crippen LogP contribution in [-0.2, 0) is 11.3 Å². The molecule has 4 nitrogen and oxygen atoms in total. The van der Waals surface area contributed by atoms with E-state index in [0.717, 1.165) is 11.3 Å². The zero-order chi connectivity index (χ0) is 15.2. The Morgan fingerprint density at radius 3 is 2.86 bits per heavy atom. The lowest BCUT2D eigenvalue weighted by atomic mass is 10.2. The molecule has 1 aromatic carbocycles. The molecular weight excluding hydrogens is 288 g/mol. The number of rotatable bonds is 8. The van der Waals surface area contributed by atoms with Crippen molar-refractivity contribution in [3.63, 3.8) is 0 Å². The zero-order valence-electron chi connectivity index (χ0n) is 12.6. The van der Waals surface area contributed by atoms with Crippen molar-refractivity contribution in [1.82, 2.24) is 10.6 Å². The Hall–Kier alpha value is -1.26. The molecular formula is C16H23ClN2O2. The lowest BCUT2D eigenvalue weighted by Crippen LogP contribution is -2.31. The topological polar surface area (TPSA) is 50.4 Å². The molecule has 0 spiro atoms. The van der Waals surface area contributed by atoms with Crippen molar-refractivity contribution in [1.29, 1.82) is 0 Å². The van der Waals surface area contributed by atoms with Gasteiger partial charge in [0, 0.05) is 29.2 Å². The fraction of sp³-hybridized carbons (Fsp3) is 0.562. The second kappa shape index (κ2) is 7.66. The Bertz CT molecular complexity index is 487. The first-order chi connectivity index (χ1) is 10.1. The molecule has 1 fully saturated rings. The van der Waals surface area contributed by atoms with E-state index in [1.54, 1.807) is 0 Å². The summed E-state index contributed by atoms with van der Waals surface area (Å²) in [5.74, 6) is 0.762. The van der Waals surface area contributed by atoms with Gasteiger partial charge in [-0.2, -0.15) is 0 Å². The molecule has 1 aromatic rings. The maximum absolute atomic E-state index is 11.6. The number of hydrogen-bond donors (Lipinski definition) is 2. The van der Waals surface area contributed by atoms with Crippen LogP contribution in [0.1, 0.15) is 38.7 Å². The summed E-state index contributed by atoms with van der Waals surface area (Å²) in [5, 5.41) is 6.98. The average Bonchev–Trinajstić information content (AvgIpc) is 3.21. The number of nitrogens with one attached hydrogen (secondary N) is 2. The minimum atomic E-state index is 0.00434. The molecule has 5 heteroatoms. The minimum Gasteiger partial charge on any atom is -0.493 e. The third kappa shape index (κ3) is 5.56. The van der Waals surface area contributed by atoms with Crippen molar-refractivity contribution in [2.45, 2.75) is 51.7 Å². The van der Waals surface area contributed by atoms with Crippen molar-refractivity contribution in [2.24, 2.45) is 0 Å². The first-order valence-electron chi connectivity index (χ1n) is 7.49. The predicted molar refractivity (Wildman–Crippen MR) is 84.7 cm³/mol. The van der Waals surface area contributed by atoms with Crippen LogP contribution in [0, 0.1) is 0 Å². The number of benzene rings is 1. The summed E-state index contributed by atoms with van der Waals surface area (Å²) in [7, 11) is 0. The van der Waals surface area contributed by atoms with Gasteiger partial charge in [-0.3, -0.25) is 4.79 Å². The smallest absolute Gasteiger partial charge is 0.223 e. The predicted octanol–water partition coefficient (Wildman–Crippen LogP) is 2.89. The Kier molecular flexibility index (Phi) is 5.88. The monoisotopic (exact) mass is 310 g/mol. The summed E-state index contributed by atoms with van der Waals surface area (Å²) >= 11 is 6.24. The summed E-state index contributed by atoms with van der Waals surface area (Å²) in [6, 6.07) is 6.40. The maximum Gasteiger partial charge on any atom is 0.223 e. The van der Waals surface area contributed by atoms with E-state index in [2.05, 4.69) is 10.6 Å². The number of hydrogen-bond acceptors (Lipinski definition) is 3. The van der Waals surface area contributed by atoms with Crippen molar-refractivity contribution < 1.29 is 9.53 Å². The largest absolute Gasteiger partial charge is 0.493 e. The van der Waals surface area contributed by atoms with E-state index >= 15 is 0 Å². The highest BCUT2D eigenvalue weighted by Gasteiger charge is 2.21. The summed E-state index contributed by atoms with van der Waals surface area (Å²) in [5.41, 5.74) is 0.968. The molecule has 0 radical (unpaired) electrons. The molecule has 0 bridgehead atoms. The van der Waals surface area contributed by atoms with Gasteiger partial charge in [0.05, 0.1) is 13.0 Å². The molecule has 1 aliphatic rings. The number of carbonyl (C=O) groups is 1. The molecule has 0 aliphatic heterocycles. The van der Waals surface area contributed by atoms with Gasteiger partial charge in [0.15, 0.2) is 0 Å². The van der Waals surface area contributed by atoms with Gasteiger partial charge in [-0.15, -0.1) is 0 Å². The molecule has 0 unspecified atom stereocenters. The lowest BCUT2D eigenvalue weighted by Gasteiger charge is -2.14. The lowest BCUT2D eigenvalue weighted by molar-refractivity contribution is -0.122. The Morgan fingerprint density at radius 1 is 1.43 bits per heavy atom. The summed E-state index contributed by atoms with van der Waals surface area (Å²) in [6.07, 6.45) is 2.81. The standard InChI is InChI=1S/C16H23ClN2O2/c1-11(2)19-16(20)8-9-21-15-5-3-4-14(17)13(15)10-18-12-6-7-12/h3-5,11-12,18H,6-10H2,1-2H3,(H,19,20). The Balaban J connectivity index is 1.86. The molecule has 0 atom stereocenters. The van der Waals surface area contributed by atoms with E-state index < -0.39 is 0 Å². The molecule has 1 amide bonds. The number of ether oxygens (including phenoxy) is 1. The van der Waals surface area contributed by atoms with Crippen molar-refractivity contribution in [3.8, 4) is 5.75 Å². The van der Waals surface area contributed by atoms with Crippen LogP contribution in [0.3, 0.4) is 0 Å². The van der Waals surface area contributed by atoms with Crippen LogP contribution in [0.4, 0.5) is 0 Å². The van der Waals surface area contributed by atoms with Crippen molar-refractivity contribution in [2.75, 3.05) is 6.61 Å². The van der Waals surface area contributed by atoms with Crippen molar-refractivity contribution in [3.05, 3.63) is 28.8 Å². The van der Waals surface area contributed by atoms with Gasteiger partial charge in [-0.05, 0) is 38.8 Å². The van der Waals surface area contributed by atoms with Crippen LogP contribution in [-0.4, -0.2) is 24.6 Å². The van der Waals surface area contributed by atoms with E-state index in [-0.39, 0.29) is 11.9 Å². The second-order valence-electron chi connectivity index (χ2n) is 5.69. The first kappa shape index (κ1) is 16.1. The van der Waals surface area contributed by atoms with Gasteiger partial charge < -0.3 is 15.4 Å². The highest BCUT2D eigenvalue weighted by Crippen LogP contribution is 2.28. The van der Waals surface area contributed by atoms with E-state index in [4.69, 9.17) is 16.3 Å². The zero-order valence-corrected chi connectivity index (χ0v) is 13.4. The molecule has 1 saturated carbocycles. The van der Waals surface area contributed by atoms with Crippen LogP contribution in [0.15, 0.2) is 18.2 Å². The fourth-order valence-corrected chi connectivity index (χ4v) is 2.26. The normalized spacial score (nSPS) is 14.3. The quantitative estimate of drug-likeness (QED) is 0.776. The van der Waals surface area contributed by atoms with E-state index in [9.17, 15) is 4.79 Å². The maximum atomic E-state index is 11.6. The van der Waals surface area contributed by atoms with E-state index in [1.807, 2.05) is 32.0 Å². The molecule has 2 N–H and O–H groups in total. The molecule has 116 valence electrons. The second-order valence-corrected chi connectivity index (χ2v) is 6.10. The summed E-state index contributed by atoms with van der Waals surface area (Å²) < 4.78 is 5.74. The Morgan fingerprint density at radius 2 is 2.19 bits per heavy atom. The Labute approximate surface area is 131 Å². The summed E-state index contributed by atoms with van der Waals surface area (Å²) in [6.45, 7) is 4.95. The minimum absolute atomic E-state index is 0.00434. The first-order valence-corrected chi connectivity index (χ1v) is 7.87. The van der Waals surface area contributed by atoms with Gasteiger partial charge >= 0.3 is 0 Å². The highest BCUT2D eigenvalue weighted by molar-refractivity contribution is 6.31. The van der Waals surface area contributed by atoms with Crippen LogP contribution < -0.4 is 15.4 Å². The van der Waals surface area contributed by atoms with E-state index in [1.165, 1.54) is 12.8 Å². The van der Waals surface area contributed by atoms with Crippen LogP contribution >= 0.6 is 11.6 Å². The number of halogens is 1. The van der Waals surface area contributed by atoms with Gasteiger partial charge in [0.2, 0.25) is 5.91 Å². The third-order valence-electron chi connectivity index (χ3n) is 3.26. The van der Waals surface area contributed by atoms with Gasteiger partial charge in [0.25, 0.3) is 0 Å². The molecule has 0 saturated heterocycles. The summed E-state index contributed by atoms with van der Waals surface area (Å²) in [4.78, 5) is 11.6. The van der Waals surface area contributed by atoms with E-state index in [0.29, 0.717) is 30.6 Å². The molecule has 0 aromatic heterocycles. The van der Waals surface area contributed by atoms with Crippen molar-refractivity contribution >= 4 is 17.5 Å². The SMILES string of the molecule is CC(C)NC(=O)CCOc1cccc(Cl)c1CNC1CC1. The third-order valence-corrected chi connectivity index (χ3v) is 3.61. The van der Waals surface area contributed by atoms with Crippen LogP contribution in [0.2, 0.25) is 5.02 Å². The van der Waals surface area contributed by atoms with Gasteiger partial charge in [-0.25, -0.2) is 0 Å². The number of carbonyl (C=O) groups excluding carboxylic acids is 1. The van der Waals surface area contributed by atoms with Gasteiger partial charge in [0.1, 0.15) is 5.75 Å². The van der Waals surface area contributed by atoms with Crippen LogP contribution in [0.25, 0.3) is 0 Å². The fourth-order valence-electron chi connectivity index (χ4n) is 2.03. The molecule has 1 aliphatic carbocycles. The molecule has 0 heterocycles. The highest BCUT2D eigenvalue weighted by atomic mass is 35.5. The average molecular weight is 311 g/mol. The van der Waals surface area contributed by atoms with Gasteiger partial charge in [-0.1, -0.05) is 17.7 Å². The molecule has 2 rings (SSSR count). The van der Waals surface area contributed by atoms with Crippen LogP contribution in [0.5, 0.6) is 5.75 Å².